The Morgan fingerprint density at radius 3 is 2.88 bits per heavy atom. The second-order valence-electron chi connectivity index (χ2n) is 4.26. The third-order valence-corrected chi connectivity index (χ3v) is 4.32. The van der Waals surface area contributed by atoms with E-state index < -0.39 is 15.5 Å². The van der Waals surface area contributed by atoms with Crippen molar-refractivity contribution in [3.8, 4) is 0 Å². The number of alkyl halides is 1. The van der Waals surface area contributed by atoms with Crippen molar-refractivity contribution in [2.24, 2.45) is 10.9 Å². The molecule has 1 fully saturated rings. The molecule has 1 aliphatic carbocycles. The van der Waals surface area contributed by atoms with Crippen molar-refractivity contribution >= 4 is 28.1 Å². The highest BCUT2D eigenvalue weighted by atomic mass is 79.9. The molecule has 0 bridgehead atoms. The third-order valence-electron chi connectivity index (χ3n) is 2.97. The van der Waals surface area contributed by atoms with Crippen molar-refractivity contribution in [1.29, 1.82) is 0 Å². The maximum atomic E-state index is 11.6. The van der Waals surface area contributed by atoms with Crippen LogP contribution in [0, 0.1) is 16.0 Å². The average molecular weight is 302 g/mol. The van der Waals surface area contributed by atoms with Crippen LogP contribution in [0.15, 0.2) is 16.6 Å². The fraction of sp³-hybridized carbons (Fsp3) is 0.600. The highest BCUT2D eigenvalue weighted by molar-refractivity contribution is 9.10. The van der Waals surface area contributed by atoms with E-state index in [1.807, 2.05) is 0 Å². The quantitative estimate of drug-likeness (QED) is 0.368. The van der Waals surface area contributed by atoms with Crippen molar-refractivity contribution in [3.05, 3.63) is 21.8 Å². The number of amides is 1. The Morgan fingerprint density at radius 1 is 1.71 bits per heavy atom. The number of nitro groups is 1. The molecule has 2 rings (SSSR count). The normalized spacial score (nSPS) is 31.9. The van der Waals surface area contributed by atoms with Gasteiger partial charge in [-0.05, 0) is 25.8 Å². The predicted octanol–water partition coefficient (Wildman–Crippen LogP) is 1.24. The monoisotopic (exact) mass is 301 g/mol. The molecule has 0 spiro atoms. The number of hydrogen-bond donors (Lipinski definition) is 1. The Kier molecular flexibility index (Phi) is 3.03. The fourth-order valence-electron chi connectivity index (χ4n) is 1.65. The Balaban J connectivity index is 2.19. The second kappa shape index (κ2) is 4.21. The zero-order valence-electron chi connectivity index (χ0n) is 9.22. The van der Waals surface area contributed by atoms with Gasteiger partial charge in [-0.3, -0.25) is 19.9 Å². The van der Waals surface area contributed by atoms with Gasteiger partial charge in [0.25, 0.3) is 0 Å². The van der Waals surface area contributed by atoms with E-state index in [9.17, 15) is 14.9 Å². The lowest BCUT2D eigenvalue weighted by molar-refractivity contribution is -0.528. The molecule has 0 saturated heterocycles. The second-order valence-corrected chi connectivity index (χ2v) is 5.47. The van der Waals surface area contributed by atoms with Crippen LogP contribution in [0.4, 0.5) is 0 Å². The van der Waals surface area contributed by atoms with Gasteiger partial charge >= 0.3 is 4.45 Å². The van der Waals surface area contributed by atoms with Gasteiger partial charge in [-0.1, -0.05) is 0 Å². The summed E-state index contributed by atoms with van der Waals surface area (Å²) in [5.74, 6) is -0.160. The maximum Gasteiger partial charge on any atom is 0.335 e. The molecule has 0 aromatic heterocycles. The number of allylic oxidation sites excluding steroid dienone is 1. The molecule has 2 atom stereocenters. The minimum absolute atomic E-state index is 0.0000775. The van der Waals surface area contributed by atoms with E-state index in [2.05, 4.69) is 26.2 Å². The Labute approximate surface area is 106 Å². The zero-order chi connectivity index (χ0) is 12.6. The molecule has 2 unspecified atom stereocenters. The molecule has 2 aliphatic rings. The fourth-order valence-corrected chi connectivity index (χ4v) is 2.01. The first kappa shape index (κ1) is 12.2. The molecule has 0 aromatic rings. The number of nitrogens with zero attached hydrogens (tertiary/aromatic N) is 2. The first-order chi connectivity index (χ1) is 7.96. The maximum absolute atomic E-state index is 11.6. The van der Waals surface area contributed by atoms with Crippen LogP contribution in [0.1, 0.15) is 19.8 Å². The predicted molar refractivity (Wildman–Crippen MR) is 65.6 cm³/mol. The van der Waals surface area contributed by atoms with Gasteiger partial charge in [0.2, 0.25) is 12.1 Å². The van der Waals surface area contributed by atoms with Crippen molar-refractivity contribution in [3.63, 3.8) is 0 Å². The van der Waals surface area contributed by atoms with Crippen LogP contribution in [-0.2, 0) is 4.79 Å². The molecule has 17 heavy (non-hydrogen) atoms. The SMILES string of the molecule is CC1=CC=NC(NC(=O)C2CC2)C1(Br)[N+](=O)[O-]. The molecular formula is C10H12BrN3O3. The van der Waals surface area contributed by atoms with Crippen LogP contribution in [0.5, 0.6) is 0 Å². The molecule has 0 aromatic carbocycles. The molecule has 1 heterocycles. The number of aliphatic imine (C=N–C) groups is 1. The van der Waals surface area contributed by atoms with Crippen LogP contribution >= 0.6 is 15.9 Å². The van der Waals surface area contributed by atoms with Gasteiger partial charge in [-0.2, -0.15) is 0 Å². The van der Waals surface area contributed by atoms with E-state index in [0.717, 1.165) is 12.8 Å². The summed E-state index contributed by atoms with van der Waals surface area (Å²) in [7, 11) is 0. The van der Waals surface area contributed by atoms with Crippen molar-refractivity contribution in [2.75, 3.05) is 0 Å². The van der Waals surface area contributed by atoms with E-state index in [1.165, 1.54) is 6.21 Å². The first-order valence-corrected chi connectivity index (χ1v) is 6.10. The number of hydrogen-bond acceptors (Lipinski definition) is 4. The number of carbonyl (C=O) groups excluding carboxylic acids is 1. The number of dihydropyridines is 1. The zero-order valence-corrected chi connectivity index (χ0v) is 10.8. The molecule has 6 nitrogen and oxygen atoms in total. The van der Waals surface area contributed by atoms with Gasteiger partial charge in [-0.15, -0.1) is 0 Å². The highest BCUT2D eigenvalue weighted by Gasteiger charge is 2.52. The van der Waals surface area contributed by atoms with Crippen LogP contribution < -0.4 is 5.32 Å². The summed E-state index contributed by atoms with van der Waals surface area (Å²) in [5, 5.41) is 13.8. The summed E-state index contributed by atoms with van der Waals surface area (Å²) in [6.07, 6.45) is 3.86. The smallest absolute Gasteiger partial charge is 0.327 e. The third kappa shape index (κ3) is 2.11. The van der Waals surface area contributed by atoms with Crippen molar-refractivity contribution in [1.82, 2.24) is 5.32 Å². The Bertz CT molecular complexity index is 431. The molecule has 1 amide bonds. The van der Waals surface area contributed by atoms with Gasteiger partial charge in [0, 0.05) is 38.6 Å². The number of carbonyl (C=O) groups is 1. The molecule has 1 saturated carbocycles. The van der Waals surface area contributed by atoms with Crippen molar-refractivity contribution in [2.45, 2.75) is 30.4 Å². The minimum Gasteiger partial charge on any atom is -0.327 e. The topological polar surface area (TPSA) is 84.6 Å². The summed E-state index contributed by atoms with van der Waals surface area (Å²) >= 11 is 3.09. The van der Waals surface area contributed by atoms with E-state index in [0.29, 0.717) is 5.57 Å². The van der Waals surface area contributed by atoms with Crippen LogP contribution in [0.3, 0.4) is 0 Å². The first-order valence-electron chi connectivity index (χ1n) is 5.30. The summed E-state index contributed by atoms with van der Waals surface area (Å²) < 4.78 is -1.54. The van der Waals surface area contributed by atoms with Gasteiger partial charge in [0.05, 0.1) is 0 Å². The largest absolute Gasteiger partial charge is 0.335 e. The molecule has 1 aliphatic heterocycles. The van der Waals surface area contributed by atoms with Gasteiger partial charge < -0.3 is 5.32 Å². The lowest BCUT2D eigenvalue weighted by Crippen LogP contribution is -2.54. The Morgan fingerprint density at radius 2 is 2.35 bits per heavy atom. The molecule has 7 heteroatoms. The number of nitrogens with one attached hydrogen (secondary N) is 1. The van der Waals surface area contributed by atoms with Gasteiger partial charge in [0.15, 0.2) is 0 Å². The van der Waals surface area contributed by atoms with E-state index >= 15 is 0 Å². The summed E-state index contributed by atoms with van der Waals surface area (Å²) in [5.41, 5.74) is 0.513. The standard InChI is InChI=1S/C10H12BrN3O3/c1-6-4-5-12-9(10(6,11)14(16)17)13-8(15)7-2-3-7/h4-5,7,9H,2-3H2,1H3,(H,13,15). The van der Waals surface area contributed by atoms with Crippen molar-refractivity contribution < 1.29 is 9.72 Å². The highest BCUT2D eigenvalue weighted by Crippen LogP contribution is 2.35. The molecule has 0 radical (unpaired) electrons. The average Bonchev–Trinajstić information content (AvgIpc) is 3.08. The molecular weight excluding hydrogens is 290 g/mol. The van der Waals surface area contributed by atoms with E-state index in [1.54, 1.807) is 13.0 Å². The number of halogens is 1. The molecule has 1 N–H and O–H groups in total. The van der Waals surface area contributed by atoms with E-state index in [4.69, 9.17) is 0 Å². The number of rotatable bonds is 3. The van der Waals surface area contributed by atoms with E-state index in [-0.39, 0.29) is 11.8 Å². The van der Waals surface area contributed by atoms with Gasteiger partial charge in [-0.25, -0.2) is 0 Å². The lowest BCUT2D eigenvalue weighted by Gasteiger charge is -2.28. The summed E-state index contributed by atoms with van der Waals surface area (Å²) in [6, 6.07) is 0. The van der Waals surface area contributed by atoms with Crippen LogP contribution in [0.25, 0.3) is 0 Å². The van der Waals surface area contributed by atoms with Crippen LogP contribution in [-0.4, -0.2) is 27.7 Å². The Hall–Kier alpha value is -1.24. The lowest BCUT2D eigenvalue weighted by atomic mass is 10.0. The van der Waals surface area contributed by atoms with Gasteiger partial charge in [0.1, 0.15) is 0 Å². The van der Waals surface area contributed by atoms with Crippen LogP contribution in [0.2, 0.25) is 0 Å². The summed E-state index contributed by atoms with van der Waals surface area (Å²) in [6.45, 7) is 1.64. The minimum atomic E-state index is -1.54. The summed E-state index contributed by atoms with van der Waals surface area (Å²) in [4.78, 5) is 26.3. The molecule has 92 valence electrons.